The minimum Gasteiger partial charge on any atom is -0.480 e. The number of benzene rings is 3. The minimum atomic E-state index is -4.85. The van der Waals surface area contributed by atoms with E-state index < -0.39 is 6.36 Å². The summed E-state index contributed by atoms with van der Waals surface area (Å²) in [5.41, 5.74) is 3.81. The summed E-state index contributed by atoms with van der Waals surface area (Å²) in [6.07, 6.45) is -3.23. The van der Waals surface area contributed by atoms with Crippen LogP contribution < -0.4 is 20.1 Å². The van der Waals surface area contributed by atoms with Crippen molar-refractivity contribution in [3.05, 3.63) is 84.4 Å². The third-order valence-electron chi connectivity index (χ3n) is 5.66. The van der Waals surface area contributed by atoms with E-state index in [4.69, 9.17) is 14.7 Å². The summed E-state index contributed by atoms with van der Waals surface area (Å²) in [6.45, 7) is 3.88. The average Bonchev–Trinajstić information content (AvgIpc) is 2.87. The van der Waals surface area contributed by atoms with E-state index in [1.165, 1.54) is 19.2 Å². The van der Waals surface area contributed by atoms with Crippen LogP contribution in [-0.2, 0) is 0 Å². The molecule has 0 unspecified atom stereocenters. The van der Waals surface area contributed by atoms with Crippen LogP contribution in [0.1, 0.15) is 13.8 Å². The van der Waals surface area contributed by atoms with Crippen molar-refractivity contribution in [2.24, 2.45) is 4.99 Å². The van der Waals surface area contributed by atoms with Gasteiger partial charge in [-0.3, -0.25) is 4.99 Å². The SMILES string of the molecule is COc1ncccc1Nc1cc2nc3ccccc3n(-c3ccccc3OC(F)(F)F)c-2cc1=NC(C)C. The zero-order valence-corrected chi connectivity index (χ0v) is 20.8. The van der Waals surface area contributed by atoms with Gasteiger partial charge in [0, 0.05) is 12.2 Å². The number of para-hydroxylation sites is 4. The molecule has 1 aliphatic heterocycles. The number of hydrogen-bond acceptors (Lipinski definition) is 6. The molecule has 1 aliphatic carbocycles. The van der Waals surface area contributed by atoms with Crippen molar-refractivity contribution in [3.8, 4) is 28.7 Å². The highest BCUT2D eigenvalue weighted by Gasteiger charge is 2.32. The van der Waals surface area contributed by atoms with E-state index in [2.05, 4.69) is 15.0 Å². The van der Waals surface area contributed by atoms with Crippen LogP contribution in [0.3, 0.4) is 0 Å². The number of rotatable bonds is 6. The molecule has 7 nitrogen and oxygen atoms in total. The monoisotopic (exact) mass is 519 g/mol. The van der Waals surface area contributed by atoms with Gasteiger partial charge >= 0.3 is 6.36 Å². The Morgan fingerprint density at radius 3 is 2.47 bits per heavy atom. The lowest BCUT2D eigenvalue weighted by molar-refractivity contribution is -0.274. The van der Waals surface area contributed by atoms with Crippen LogP contribution >= 0.6 is 0 Å². The molecule has 0 saturated carbocycles. The second kappa shape index (κ2) is 10.0. The van der Waals surface area contributed by atoms with Crippen molar-refractivity contribution in [3.63, 3.8) is 0 Å². The molecule has 0 amide bonds. The first-order valence-electron chi connectivity index (χ1n) is 11.8. The number of ether oxygens (including phenoxy) is 2. The Kier molecular flexibility index (Phi) is 6.62. The zero-order chi connectivity index (χ0) is 26.9. The van der Waals surface area contributed by atoms with Gasteiger partial charge in [0.25, 0.3) is 0 Å². The number of halogens is 3. The second-order valence-corrected chi connectivity index (χ2v) is 8.72. The van der Waals surface area contributed by atoms with Crippen LogP contribution in [-0.4, -0.2) is 34.0 Å². The van der Waals surface area contributed by atoms with Gasteiger partial charge in [0.1, 0.15) is 5.69 Å². The van der Waals surface area contributed by atoms with Gasteiger partial charge in [-0.15, -0.1) is 13.2 Å². The van der Waals surface area contributed by atoms with Gasteiger partial charge < -0.3 is 19.4 Å². The predicted molar refractivity (Wildman–Crippen MR) is 139 cm³/mol. The number of alkyl halides is 3. The maximum Gasteiger partial charge on any atom is 0.573 e. The fourth-order valence-electron chi connectivity index (χ4n) is 4.23. The Labute approximate surface area is 216 Å². The highest BCUT2D eigenvalue weighted by atomic mass is 19.4. The van der Waals surface area contributed by atoms with Crippen molar-refractivity contribution in [2.45, 2.75) is 26.3 Å². The van der Waals surface area contributed by atoms with Crippen molar-refractivity contribution >= 4 is 22.4 Å². The number of fused-ring (bicyclic) bond motifs is 2. The lowest BCUT2D eigenvalue weighted by Crippen LogP contribution is -2.20. The van der Waals surface area contributed by atoms with E-state index >= 15 is 0 Å². The molecule has 2 aromatic carbocycles. The predicted octanol–water partition coefficient (Wildman–Crippen LogP) is 6.49. The summed E-state index contributed by atoms with van der Waals surface area (Å²) < 4.78 is 51.4. The lowest BCUT2D eigenvalue weighted by Gasteiger charge is -2.22. The van der Waals surface area contributed by atoms with E-state index in [1.54, 1.807) is 35.0 Å². The molecule has 0 fully saturated rings. The second-order valence-electron chi connectivity index (χ2n) is 8.72. The summed E-state index contributed by atoms with van der Waals surface area (Å²) in [7, 11) is 1.53. The van der Waals surface area contributed by atoms with Crippen molar-refractivity contribution in [1.29, 1.82) is 0 Å². The minimum absolute atomic E-state index is 0.0634. The molecule has 38 heavy (non-hydrogen) atoms. The molecule has 2 aliphatic rings. The van der Waals surface area contributed by atoms with E-state index in [0.29, 0.717) is 45.0 Å². The molecular formula is C28H24F3N5O2. The molecule has 0 spiro atoms. The van der Waals surface area contributed by atoms with Crippen LogP contribution in [0.15, 0.2) is 84.0 Å². The van der Waals surface area contributed by atoms with Gasteiger partial charge in [-0.25, -0.2) is 9.97 Å². The summed E-state index contributed by atoms with van der Waals surface area (Å²) in [6, 6.07) is 20.5. The fraction of sp³-hybridized carbons (Fsp3) is 0.179. The van der Waals surface area contributed by atoms with Gasteiger partial charge in [0.2, 0.25) is 5.88 Å². The normalized spacial score (nSPS) is 12.3. The summed E-state index contributed by atoms with van der Waals surface area (Å²) in [5.74, 6) is 0.0788. The molecule has 3 aromatic rings. The number of nitrogens with one attached hydrogen (secondary N) is 1. The van der Waals surface area contributed by atoms with Crippen LogP contribution in [0.25, 0.3) is 28.1 Å². The maximum absolute atomic E-state index is 13.3. The number of aromatic nitrogens is 3. The molecular weight excluding hydrogens is 495 g/mol. The topological polar surface area (TPSA) is 73.6 Å². The van der Waals surface area contributed by atoms with Crippen LogP contribution in [0.5, 0.6) is 11.6 Å². The van der Waals surface area contributed by atoms with E-state index in [0.717, 1.165) is 0 Å². The van der Waals surface area contributed by atoms with Crippen LogP contribution in [0.4, 0.5) is 24.5 Å². The standard InChI is InChI=1S/C28H24F3N5O2/c1-17(2)33-21-16-25-22(15-20(21)35-19-10-8-14-32-27(19)37-3)34-18-9-4-5-11-23(18)36(25)24-12-6-7-13-26(24)38-28(29,30)31/h4-17,35H,1-3H3. The number of pyridine rings is 1. The fourth-order valence-corrected chi connectivity index (χ4v) is 4.23. The highest BCUT2D eigenvalue weighted by molar-refractivity contribution is 5.85. The molecule has 1 aromatic heterocycles. The Balaban J connectivity index is 1.82. The van der Waals surface area contributed by atoms with Crippen molar-refractivity contribution in [1.82, 2.24) is 14.5 Å². The van der Waals surface area contributed by atoms with E-state index in [-0.39, 0.29) is 17.5 Å². The van der Waals surface area contributed by atoms with Gasteiger partial charge in [0.05, 0.1) is 46.3 Å². The Hall–Kier alpha value is -4.60. The largest absolute Gasteiger partial charge is 0.573 e. The number of methoxy groups -OCH3 is 1. The molecule has 0 saturated heterocycles. The lowest BCUT2D eigenvalue weighted by atomic mass is 10.1. The third-order valence-corrected chi connectivity index (χ3v) is 5.66. The first-order valence-corrected chi connectivity index (χ1v) is 11.8. The molecule has 10 heteroatoms. The molecule has 0 atom stereocenters. The summed E-state index contributed by atoms with van der Waals surface area (Å²) >= 11 is 0. The number of anilines is 2. The highest BCUT2D eigenvalue weighted by Crippen LogP contribution is 2.36. The van der Waals surface area contributed by atoms with Gasteiger partial charge in [-0.2, -0.15) is 0 Å². The Morgan fingerprint density at radius 2 is 1.71 bits per heavy atom. The Bertz CT molecular complexity index is 1650. The molecule has 0 bridgehead atoms. The summed E-state index contributed by atoms with van der Waals surface area (Å²) in [4.78, 5) is 13.8. The number of hydrogen-bond donors (Lipinski definition) is 1. The first kappa shape index (κ1) is 25.1. The van der Waals surface area contributed by atoms with Gasteiger partial charge in [0.15, 0.2) is 5.75 Å². The van der Waals surface area contributed by atoms with Crippen LogP contribution in [0, 0.1) is 0 Å². The third kappa shape index (κ3) is 5.10. The summed E-state index contributed by atoms with van der Waals surface area (Å²) in [5, 5.41) is 3.93. The molecule has 1 N–H and O–H groups in total. The first-order chi connectivity index (χ1) is 18.2. The quantitative estimate of drug-likeness (QED) is 0.260. The maximum atomic E-state index is 13.3. The van der Waals surface area contributed by atoms with Gasteiger partial charge in [-0.1, -0.05) is 24.3 Å². The van der Waals surface area contributed by atoms with E-state index in [1.807, 2.05) is 50.2 Å². The average molecular weight is 520 g/mol. The molecule has 194 valence electrons. The molecule has 5 rings (SSSR count). The smallest absolute Gasteiger partial charge is 0.480 e. The zero-order valence-electron chi connectivity index (χ0n) is 20.8. The molecule has 0 radical (unpaired) electrons. The van der Waals surface area contributed by atoms with Crippen molar-refractivity contribution in [2.75, 3.05) is 12.4 Å². The van der Waals surface area contributed by atoms with Crippen LogP contribution in [0.2, 0.25) is 0 Å². The molecule has 2 heterocycles. The van der Waals surface area contributed by atoms with Gasteiger partial charge in [-0.05, 0) is 62.4 Å². The van der Waals surface area contributed by atoms with Crippen molar-refractivity contribution < 1.29 is 22.6 Å². The van der Waals surface area contributed by atoms with E-state index in [9.17, 15) is 13.2 Å². The number of nitrogens with zero attached hydrogens (tertiary/aromatic N) is 4. The Morgan fingerprint density at radius 1 is 0.947 bits per heavy atom.